The Morgan fingerprint density at radius 3 is 2.41 bits per heavy atom. The maximum absolute atomic E-state index is 13.0. The van der Waals surface area contributed by atoms with Crippen LogP contribution in [0.4, 0.5) is 20.2 Å². The first-order valence-corrected chi connectivity index (χ1v) is 8.39. The van der Waals surface area contributed by atoms with Crippen LogP contribution in [0.2, 0.25) is 0 Å². The quantitative estimate of drug-likeness (QED) is 0.760. The molecule has 1 fully saturated rings. The van der Waals surface area contributed by atoms with Gasteiger partial charge in [0.1, 0.15) is 0 Å². The van der Waals surface area contributed by atoms with Gasteiger partial charge in [0, 0.05) is 17.8 Å². The number of carbonyl (C=O) groups excluding carboxylic acids is 1. The summed E-state index contributed by atoms with van der Waals surface area (Å²) in [6.45, 7) is 1.00. The number of benzene rings is 1. The summed E-state index contributed by atoms with van der Waals surface area (Å²) in [6.07, 6.45) is -0.535. The van der Waals surface area contributed by atoms with Crippen molar-refractivity contribution >= 4 is 27.3 Å². The van der Waals surface area contributed by atoms with Gasteiger partial charge in [0.15, 0.2) is 0 Å². The minimum absolute atomic E-state index is 0.0486. The molecule has 1 unspecified atom stereocenters. The van der Waals surface area contributed by atoms with Gasteiger partial charge in [-0.3, -0.25) is 14.8 Å². The van der Waals surface area contributed by atoms with Crippen LogP contribution in [0.5, 0.6) is 0 Å². The Labute approximate surface area is 127 Å². The smallest absolute Gasteiger partial charge is 0.262 e. The van der Waals surface area contributed by atoms with Gasteiger partial charge >= 0.3 is 0 Å². The molecule has 3 N–H and O–H groups in total. The van der Waals surface area contributed by atoms with Crippen LogP contribution in [0, 0.1) is 0 Å². The zero-order valence-electron chi connectivity index (χ0n) is 11.9. The van der Waals surface area contributed by atoms with Gasteiger partial charge in [-0.2, -0.15) is 0 Å². The number of anilines is 2. The summed E-state index contributed by atoms with van der Waals surface area (Å²) in [5, 5.41) is 4.98. The van der Waals surface area contributed by atoms with Crippen LogP contribution in [-0.2, 0) is 14.8 Å². The van der Waals surface area contributed by atoms with Gasteiger partial charge in [-0.25, -0.2) is 17.2 Å². The first-order valence-electron chi connectivity index (χ1n) is 6.73. The van der Waals surface area contributed by atoms with E-state index in [1.807, 2.05) is 0 Å². The molecule has 22 heavy (non-hydrogen) atoms. The maximum atomic E-state index is 13.0. The lowest BCUT2D eigenvalue weighted by atomic mass is 10.2. The third kappa shape index (κ3) is 4.38. The number of nitrogens with one attached hydrogen (secondary N) is 3. The molecule has 0 bridgehead atoms. The van der Waals surface area contributed by atoms with Crippen LogP contribution in [0.15, 0.2) is 24.3 Å². The van der Waals surface area contributed by atoms with Crippen LogP contribution in [0.3, 0.4) is 0 Å². The molecule has 1 aliphatic rings. The van der Waals surface area contributed by atoms with Crippen molar-refractivity contribution in [2.24, 2.45) is 0 Å². The van der Waals surface area contributed by atoms with Crippen molar-refractivity contribution in [1.82, 2.24) is 5.32 Å². The molecule has 0 aromatic heterocycles. The predicted octanol–water partition coefficient (Wildman–Crippen LogP) is 1.38. The third-order valence-corrected chi connectivity index (χ3v) is 4.54. The summed E-state index contributed by atoms with van der Waals surface area (Å²) in [7, 11) is -3.37. The van der Waals surface area contributed by atoms with E-state index in [1.54, 1.807) is 0 Å². The minimum Gasteiger partial charge on any atom is -0.325 e. The SMILES string of the molecule is CCS(=O)(=O)Nc1ccc(NC(=O)C2CC(F)(F)CN2)cc1. The zero-order chi connectivity index (χ0) is 16.4. The fourth-order valence-corrected chi connectivity index (χ4v) is 2.64. The average Bonchev–Trinajstić information content (AvgIpc) is 2.81. The van der Waals surface area contributed by atoms with E-state index in [1.165, 1.54) is 31.2 Å². The molecule has 1 aliphatic heterocycles. The Morgan fingerprint density at radius 2 is 1.91 bits per heavy atom. The fraction of sp³-hybridized carbons (Fsp3) is 0.462. The summed E-state index contributed by atoms with van der Waals surface area (Å²) in [4.78, 5) is 11.8. The summed E-state index contributed by atoms with van der Waals surface area (Å²) in [5.41, 5.74) is 0.770. The molecule has 0 radical (unpaired) electrons. The largest absolute Gasteiger partial charge is 0.325 e. The second-order valence-corrected chi connectivity index (χ2v) is 7.08. The van der Waals surface area contributed by atoms with Crippen molar-refractivity contribution in [3.63, 3.8) is 0 Å². The molecule has 1 aromatic rings. The molecular formula is C13H17F2N3O3S. The van der Waals surface area contributed by atoms with E-state index in [4.69, 9.17) is 0 Å². The van der Waals surface area contributed by atoms with E-state index in [0.29, 0.717) is 11.4 Å². The number of carbonyl (C=O) groups is 1. The van der Waals surface area contributed by atoms with Crippen molar-refractivity contribution in [1.29, 1.82) is 0 Å². The van der Waals surface area contributed by atoms with E-state index >= 15 is 0 Å². The van der Waals surface area contributed by atoms with Crippen molar-refractivity contribution < 1.29 is 22.0 Å². The lowest BCUT2D eigenvalue weighted by molar-refractivity contribution is -0.118. The first-order chi connectivity index (χ1) is 10.2. The zero-order valence-corrected chi connectivity index (χ0v) is 12.7. The molecule has 2 rings (SSSR count). The van der Waals surface area contributed by atoms with Gasteiger partial charge in [-0.05, 0) is 31.2 Å². The van der Waals surface area contributed by atoms with Gasteiger partial charge in [-0.15, -0.1) is 0 Å². The molecular weight excluding hydrogens is 316 g/mol. The summed E-state index contributed by atoms with van der Waals surface area (Å²) < 4.78 is 51.2. The maximum Gasteiger partial charge on any atom is 0.262 e. The Balaban J connectivity index is 1.95. The van der Waals surface area contributed by atoms with Crippen LogP contribution in [0.1, 0.15) is 13.3 Å². The van der Waals surface area contributed by atoms with Gasteiger partial charge in [0.25, 0.3) is 5.92 Å². The normalized spacial score (nSPS) is 20.6. The summed E-state index contributed by atoms with van der Waals surface area (Å²) >= 11 is 0. The Bertz CT molecular complexity index is 647. The van der Waals surface area contributed by atoms with Crippen molar-refractivity contribution in [2.75, 3.05) is 22.3 Å². The lowest BCUT2D eigenvalue weighted by Gasteiger charge is -2.12. The highest BCUT2D eigenvalue weighted by Gasteiger charge is 2.42. The van der Waals surface area contributed by atoms with Crippen LogP contribution >= 0.6 is 0 Å². The van der Waals surface area contributed by atoms with E-state index in [2.05, 4.69) is 15.4 Å². The van der Waals surface area contributed by atoms with Gasteiger partial charge in [0.2, 0.25) is 15.9 Å². The Kier molecular flexibility index (Phi) is 4.66. The predicted molar refractivity (Wildman–Crippen MR) is 79.5 cm³/mol. The van der Waals surface area contributed by atoms with Crippen molar-refractivity contribution in [3.05, 3.63) is 24.3 Å². The van der Waals surface area contributed by atoms with E-state index in [0.717, 1.165) is 0 Å². The fourth-order valence-electron chi connectivity index (χ4n) is 2.00. The molecule has 0 aliphatic carbocycles. The molecule has 0 spiro atoms. The van der Waals surface area contributed by atoms with Gasteiger partial charge in [-0.1, -0.05) is 0 Å². The van der Waals surface area contributed by atoms with E-state index < -0.39 is 40.9 Å². The molecule has 1 aromatic carbocycles. The number of rotatable bonds is 5. The Hall–Kier alpha value is -1.74. The number of hydrogen-bond donors (Lipinski definition) is 3. The molecule has 1 amide bonds. The summed E-state index contributed by atoms with van der Waals surface area (Å²) in [5.74, 6) is -3.46. The monoisotopic (exact) mass is 333 g/mol. The first kappa shape index (κ1) is 16.6. The number of hydrogen-bond acceptors (Lipinski definition) is 4. The van der Waals surface area contributed by atoms with Crippen LogP contribution < -0.4 is 15.4 Å². The molecule has 0 saturated carbocycles. The van der Waals surface area contributed by atoms with Gasteiger partial charge < -0.3 is 5.32 Å². The number of alkyl halides is 2. The average molecular weight is 333 g/mol. The Morgan fingerprint density at radius 1 is 1.32 bits per heavy atom. The summed E-state index contributed by atoms with van der Waals surface area (Å²) in [6, 6.07) is 5.03. The second-order valence-electron chi connectivity index (χ2n) is 5.07. The third-order valence-electron chi connectivity index (χ3n) is 3.23. The second kappa shape index (κ2) is 6.17. The van der Waals surface area contributed by atoms with E-state index in [9.17, 15) is 22.0 Å². The highest BCUT2D eigenvalue weighted by molar-refractivity contribution is 7.92. The van der Waals surface area contributed by atoms with E-state index in [-0.39, 0.29) is 5.75 Å². The molecule has 9 heteroatoms. The van der Waals surface area contributed by atoms with Gasteiger partial charge in [0.05, 0.1) is 18.3 Å². The molecule has 1 heterocycles. The lowest BCUT2D eigenvalue weighted by Crippen LogP contribution is -2.35. The highest BCUT2D eigenvalue weighted by Crippen LogP contribution is 2.26. The highest BCUT2D eigenvalue weighted by atomic mass is 32.2. The molecule has 1 atom stereocenters. The topological polar surface area (TPSA) is 87.3 Å². The van der Waals surface area contributed by atoms with Crippen LogP contribution in [-0.4, -0.2) is 38.6 Å². The number of sulfonamides is 1. The number of amides is 1. The molecule has 122 valence electrons. The van der Waals surface area contributed by atoms with Crippen molar-refractivity contribution in [3.8, 4) is 0 Å². The standard InChI is InChI=1S/C13H17F2N3O3S/c1-2-22(20,21)18-10-5-3-9(4-6-10)17-12(19)11-7-13(14,15)8-16-11/h3-6,11,16,18H,2,7-8H2,1H3,(H,17,19). The number of halogens is 2. The van der Waals surface area contributed by atoms with Crippen LogP contribution in [0.25, 0.3) is 0 Å². The molecule has 1 saturated heterocycles. The van der Waals surface area contributed by atoms with Crippen molar-refractivity contribution in [2.45, 2.75) is 25.3 Å². The minimum atomic E-state index is -3.37. The molecule has 6 nitrogen and oxygen atoms in total.